The zero-order valence-electron chi connectivity index (χ0n) is 8.26. The summed E-state index contributed by atoms with van der Waals surface area (Å²) in [6.07, 6.45) is 7.48. The van der Waals surface area contributed by atoms with Crippen molar-refractivity contribution in [3.05, 3.63) is 48.0 Å². The van der Waals surface area contributed by atoms with Gasteiger partial charge in [0.05, 0.1) is 6.10 Å². The molecule has 1 N–H and O–H groups in total. The van der Waals surface area contributed by atoms with E-state index in [2.05, 4.69) is 12.2 Å². The van der Waals surface area contributed by atoms with Crippen LogP contribution in [0.2, 0.25) is 0 Å². The first-order chi connectivity index (χ1) is 6.88. The topological polar surface area (TPSA) is 20.2 Å². The van der Waals surface area contributed by atoms with Crippen LogP contribution in [0.15, 0.2) is 42.5 Å². The summed E-state index contributed by atoms with van der Waals surface area (Å²) in [5, 5.41) is 10.1. The number of benzene rings is 1. The summed E-state index contributed by atoms with van der Waals surface area (Å²) < 4.78 is 0. The minimum atomic E-state index is -0.326. The lowest BCUT2D eigenvalue weighted by molar-refractivity contribution is 0.123. The molecule has 0 aliphatic heterocycles. The first-order valence-electron chi connectivity index (χ1n) is 5.27. The van der Waals surface area contributed by atoms with E-state index in [1.165, 1.54) is 6.42 Å². The maximum Gasteiger partial charge on any atom is 0.0852 e. The van der Waals surface area contributed by atoms with Gasteiger partial charge < -0.3 is 5.11 Å². The van der Waals surface area contributed by atoms with Gasteiger partial charge in [-0.1, -0.05) is 42.5 Å². The van der Waals surface area contributed by atoms with E-state index in [0.717, 1.165) is 18.4 Å². The lowest BCUT2D eigenvalue weighted by atomic mass is 9.87. The normalized spacial score (nSPS) is 23.4. The zero-order chi connectivity index (χ0) is 9.80. The average Bonchev–Trinajstić information content (AvgIpc) is 2.30. The van der Waals surface area contributed by atoms with E-state index >= 15 is 0 Å². The Kier molecular flexibility index (Phi) is 3.00. The van der Waals surface area contributed by atoms with E-state index in [4.69, 9.17) is 0 Å². The Bertz CT molecular complexity index is 302. The van der Waals surface area contributed by atoms with Gasteiger partial charge in [-0.2, -0.15) is 0 Å². The second kappa shape index (κ2) is 4.43. The quantitative estimate of drug-likeness (QED) is 0.707. The highest BCUT2D eigenvalue weighted by molar-refractivity contribution is 5.19. The molecule has 0 spiro atoms. The van der Waals surface area contributed by atoms with Crippen LogP contribution in [0.3, 0.4) is 0 Å². The minimum Gasteiger partial charge on any atom is -0.388 e. The molecule has 0 fully saturated rings. The monoisotopic (exact) mass is 188 g/mol. The molecule has 2 rings (SSSR count). The van der Waals surface area contributed by atoms with Gasteiger partial charge in [-0.05, 0) is 24.8 Å². The number of hydrogen-bond donors (Lipinski definition) is 1. The zero-order valence-corrected chi connectivity index (χ0v) is 8.26. The van der Waals surface area contributed by atoms with Gasteiger partial charge >= 0.3 is 0 Å². The third kappa shape index (κ3) is 2.05. The average molecular weight is 188 g/mol. The summed E-state index contributed by atoms with van der Waals surface area (Å²) in [6.45, 7) is 0. The molecule has 1 aliphatic rings. The maximum absolute atomic E-state index is 10.1. The molecule has 1 aliphatic carbocycles. The van der Waals surface area contributed by atoms with Crippen LogP contribution in [0, 0.1) is 5.92 Å². The third-order valence-corrected chi connectivity index (χ3v) is 2.84. The Morgan fingerprint density at radius 2 is 2.00 bits per heavy atom. The summed E-state index contributed by atoms with van der Waals surface area (Å²) in [7, 11) is 0. The van der Waals surface area contributed by atoms with Gasteiger partial charge in [-0.15, -0.1) is 0 Å². The van der Waals surface area contributed by atoms with Crippen LogP contribution in [0.4, 0.5) is 0 Å². The van der Waals surface area contributed by atoms with Crippen LogP contribution in [-0.2, 0) is 0 Å². The van der Waals surface area contributed by atoms with E-state index in [9.17, 15) is 5.11 Å². The van der Waals surface area contributed by atoms with Crippen LogP contribution in [0.25, 0.3) is 0 Å². The predicted molar refractivity (Wildman–Crippen MR) is 57.9 cm³/mol. The Morgan fingerprint density at radius 1 is 1.21 bits per heavy atom. The molecule has 1 aromatic rings. The lowest BCUT2D eigenvalue weighted by Crippen LogP contribution is -2.12. The van der Waals surface area contributed by atoms with Gasteiger partial charge in [0.1, 0.15) is 0 Å². The van der Waals surface area contributed by atoms with E-state index in [-0.39, 0.29) is 6.10 Å². The van der Waals surface area contributed by atoms with E-state index in [1.807, 2.05) is 30.3 Å². The standard InChI is InChI=1S/C13H16O/c14-13(11-7-3-1-4-8-11)12-9-5-2-6-10-12/h1,3-5,7-9,12-14H,2,6,10H2/t12-,13+/m1/s1. The molecule has 0 unspecified atom stereocenters. The molecule has 1 nitrogen and oxygen atoms in total. The molecule has 74 valence electrons. The Hall–Kier alpha value is -1.08. The van der Waals surface area contributed by atoms with E-state index in [1.54, 1.807) is 0 Å². The van der Waals surface area contributed by atoms with Gasteiger partial charge in [0, 0.05) is 5.92 Å². The first kappa shape index (κ1) is 9.47. The molecule has 1 heteroatoms. The van der Waals surface area contributed by atoms with Crippen molar-refractivity contribution in [2.45, 2.75) is 25.4 Å². The van der Waals surface area contributed by atoms with Crippen molar-refractivity contribution < 1.29 is 5.11 Å². The summed E-state index contributed by atoms with van der Waals surface area (Å²) in [5.74, 6) is 0.311. The Labute approximate surface area is 85.1 Å². The summed E-state index contributed by atoms with van der Waals surface area (Å²) in [4.78, 5) is 0. The van der Waals surface area contributed by atoms with Crippen molar-refractivity contribution in [3.8, 4) is 0 Å². The molecule has 14 heavy (non-hydrogen) atoms. The second-order valence-electron chi connectivity index (χ2n) is 3.88. The summed E-state index contributed by atoms with van der Waals surface area (Å²) in [5.41, 5.74) is 1.03. The van der Waals surface area contributed by atoms with Crippen LogP contribution >= 0.6 is 0 Å². The van der Waals surface area contributed by atoms with Gasteiger partial charge in [0.25, 0.3) is 0 Å². The van der Waals surface area contributed by atoms with Crippen molar-refractivity contribution >= 4 is 0 Å². The molecular weight excluding hydrogens is 172 g/mol. The van der Waals surface area contributed by atoms with Crippen LogP contribution in [-0.4, -0.2) is 5.11 Å². The second-order valence-corrected chi connectivity index (χ2v) is 3.88. The fraction of sp³-hybridized carbons (Fsp3) is 0.385. The summed E-state index contributed by atoms with van der Waals surface area (Å²) >= 11 is 0. The Morgan fingerprint density at radius 3 is 2.64 bits per heavy atom. The van der Waals surface area contributed by atoms with Crippen molar-refractivity contribution in [2.24, 2.45) is 5.92 Å². The Balaban J connectivity index is 2.11. The van der Waals surface area contributed by atoms with Crippen LogP contribution < -0.4 is 0 Å². The van der Waals surface area contributed by atoms with Gasteiger partial charge in [-0.3, -0.25) is 0 Å². The molecule has 0 aromatic heterocycles. The van der Waals surface area contributed by atoms with Crippen LogP contribution in [0.5, 0.6) is 0 Å². The van der Waals surface area contributed by atoms with Crippen molar-refractivity contribution in [2.75, 3.05) is 0 Å². The molecule has 0 heterocycles. The lowest BCUT2D eigenvalue weighted by Gasteiger charge is -2.22. The first-order valence-corrected chi connectivity index (χ1v) is 5.27. The molecular formula is C13H16O. The highest BCUT2D eigenvalue weighted by atomic mass is 16.3. The molecule has 0 saturated carbocycles. The smallest absolute Gasteiger partial charge is 0.0852 e. The third-order valence-electron chi connectivity index (χ3n) is 2.84. The highest BCUT2D eigenvalue weighted by Crippen LogP contribution is 2.29. The molecule has 0 amide bonds. The molecule has 0 bridgehead atoms. The van der Waals surface area contributed by atoms with Crippen LogP contribution in [0.1, 0.15) is 30.9 Å². The number of aliphatic hydroxyl groups is 1. The van der Waals surface area contributed by atoms with Crippen molar-refractivity contribution in [3.63, 3.8) is 0 Å². The number of allylic oxidation sites excluding steroid dienone is 1. The SMILES string of the molecule is O[C@@H](c1ccccc1)[C@@H]1C=CCCC1. The van der Waals surface area contributed by atoms with Gasteiger partial charge in [0.15, 0.2) is 0 Å². The highest BCUT2D eigenvalue weighted by Gasteiger charge is 2.19. The number of hydrogen-bond acceptors (Lipinski definition) is 1. The number of aliphatic hydroxyl groups excluding tert-OH is 1. The van der Waals surface area contributed by atoms with Gasteiger partial charge in [0.2, 0.25) is 0 Å². The maximum atomic E-state index is 10.1. The number of rotatable bonds is 2. The molecule has 0 radical (unpaired) electrons. The largest absolute Gasteiger partial charge is 0.388 e. The molecule has 0 saturated heterocycles. The fourth-order valence-electron chi connectivity index (χ4n) is 2.00. The predicted octanol–water partition coefficient (Wildman–Crippen LogP) is 3.08. The van der Waals surface area contributed by atoms with E-state index in [0.29, 0.717) is 5.92 Å². The van der Waals surface area contributed by atoms with E-state index < -0.39 is 0 Å². The fourth-order valence-corrected chi connectivity index (χ4v) is 2.00. The summed E-state index contributed by atoms with van der Waals surface area (Å²) in [6, 6.07) is 9.92. The van der Waals surface area contributed by atoms with Crippen molar-refractivity contribution in [1.82, 2.24) is 0 Å². The molecule has 1 aromatic carbocycles. The van der Waals surface area contributed by atoms with Gasteiger partial charge in [-0.25, -0.2) is 0 Å². The molecule has 2 atom stereocenters. The minimum absolute atomic E-state index is 0.311. The van der Waals surface area contributed by atoms with Crippen molar-refractivity contribution in [1.29, 1.82) is 0 Å².